The van der Waals surface area contributed by atoms with Crippen LogP contribution in [0.3, 0.4) is 0 Å². The number of para-hydroxylation sites is 2. The number of nitrogens with zero attached hydrogens (tertiary/aromatic N) is 2. The molecular weight excluding hydrogens is 288 g/mol. The Bertz CT molecular complexity index is 753. The quantitative estimate of drug-likeness (QED) is 0.805. The number of rotatable bonds is 4. The summed E-state index contributed by atoms with van der Waals surface area (Å²) in [6.07, 6.45) is 0.628. The molecule has 0 fully saturated rings. The topological polar surface area (TPSA) is 55.1 Å². The molecule has 0 aliphatic rings. The average Bonchev–Trinajstić information content (AvgIpc) is 2.78. The molecule has 1 aromatic heterocycles. The predicted octanol–water partition coefficient (Wildman–Crippen LogP) is 3.13. The fourth-order valence-corrected chi connectivity index (χ4v) is 2.35. The monoisotopic (exact) mass is 302 g/mol. The largest absolute Gasteiger partial charge is 0.480 e. The maximum atomic E-state index is 11.1. The van der Waals surface area contributed by atoms with Crippen LogP contribution in [0.1, 0.15) is 11.4 Å². The molecule has 0 radical (unpaired) electrons. The summed E-state index contributed by atoms with van der Waals surface area (Å²) >= 11 is 0. The summed E-state index contributed by atoms with van der Waals surface area (Å²) < 4.78 is 1.77. The highest BCUT2D eigenvalue weighted by Gasteiger charge is 2.13. The molecule has 108 valence electrons. The third-order valence-electron chi connectivity index (χ3n) is 3.23. The lowest BCUT2D eigenvalue weighted by atomic mass is 10.1. The van der Waals surface area contributed by atoms with Crippen LogP contribution in [0.2, 0.25) is 0 Å². The lowest BCUT2D eigenvalue weighted by molar-refractivity contribution is -0.137. The maximum absolute atomic E-state index is 11.1. The summed E-state index contributed by atoms with van der Waals surface area (Å²) in [5.41, 5.74) is 2.81. The number of aliphatic carboxylic acids is 1. The Kier molecular flexibility index (Phi) is 4.60. The van der Waals surface area contributed by atoms with Crippen LogP contribution in [0.5, 0.6) is 0 Å². The summed E-state index contributed by atoms with van der Waals surface area (Å²) in [4.78, 5) is 15.6. The number of halogens is 1. The van der Waals surface area contributed by atoms with E-state index in [2.05, 4.69) is 4.98 Å². The van der Waals surface area contributed by atoms with Gasteiger partial charge in [-0.05, 0) is 17.7 Å². The van der Waals surface area contributed by atoms with Crippen molar-refractivity contribution < 1.29 is 9.90 Å². The standard InChI is InChI=1S/C16H14N2O2.ClH/c19-16(20)11-18-14-9-5-4-8-13(14)17-15(18)10-12-6-2-1-3-7-12;/h1-9H,10-11H2,(H,19,20);1H. The maximum Gasteiger partial charge on any atom is 0.323 e. The van der Waals surface area contributed by atoms with Gasteiger partial charge in [-0.15, -0.1) is 12.4 Å². The Morgan fingerprint density at radius 2 is 1.71 bits per heavy atom. The van der Waals surface area contributed by atoms with Crippen LogP contribution in [-0.4, -0.2) is 20.6 Å². The van der Waals surface area contributed by atoms with E-state index >= 15 is 0 Å². The van der Waals surface area contributed by atoms with Crippen molar-refractivity contribution in [1.82, 2.24) is 9.55 Å². The Morgan fingerprint density at radius 3 is 2.43 bits per heavy atom. The number of carboxylic acids is 1. The molecule has 0 bridgehead atoms. The predicted molar refractivity (Wildman–Crippen MR) is 83.9 cm³/mol. The molecule has 2 aromatic carbocycles. The van der Waals surface area contributed by atoms with E-state index in [1.165, 1.54) is 0 Å². The van der Waals surface area contributed by atoms with E-state index in [9.17, 15) is 4.79 Å². The number of hydrogen-bond donors (Lipinski definition) is 1. The van der Waals surface area contributed by atoms with Gasteiger partial charge in [0.25, 0.3) is 0 Å². The number of imidazole rings is 1. The first-order valence-corrected chi connectivity index (χ1v) is 6.44. The molecule has 0 saturated carbocycles. The summed E-state index contributed by atoms with van der Waals surface area (Å²) in [5, 5.41) is 9.09. The minimum atomic E-state index is -0.859. The van der Waals surface area contributed by atoms with Gasteiger partial charge < -0.3 is 9.67 Å². The average molecular weight is 303 g/mol. The molecule has 3 rings (SSSR count). The van der Waals surface area contributed by atoms with Crippen molar-refractivity contribution in [2.75, 3.05) is 0 Å². The van der Waals surface area contributed by atoms with E-state index < -0.39 is 5.97 Å². The minimum absolute atomic E-state index is 0. The van der Waals surface area contributed by atoms with Gasteiger partial charge in [0.2, 0.25) is 0 Å². The van der Waals surface area contributed by atoms with E-state index in [-0.39, 0.29) is 19.0 Å². The van der Waals surface area contributed by atoms with Crippen LogP contribution in [-0.2, 0) is 17.8 Å². The normalized spacial score (nSPS) is 10.3. The van der Waals surface area contributed by atoms with Crippen molar-refractivity contribution in [3.63, 3.8) is 0 Å². The molecule has 21 heavy (non-hydrogen) atoms. The number of hydrogen-bond acceptors (Lipinski definition) is 2. The van der Waals surface area contributed by atoms with E-state index in [0.717, 1.165) is 22.4 Å². The van der Waals surface area contributed by atoms with Crippen molar-refractivity contribution in [3.8, 4) is 0 Å². The molecule has 0 unspecified atom stereocenters. The van der Waals surface area contributed by atoms with Gasteiger partial charge in [-0.2, -0.15) is 0 Å². The third-order valence-corrected chi connectivity index (χ3v) is 3.23. The number of benzene rings is 2. The van der Waals surface area contributed by atoms with Gasteiger partial charge in [0.15, 0.2) is 0 Å². The number of aromatic nitrogens is 2. The number of fused-ring (bicyclic) bond motifs is 1. The molecule has 0 atom stereocenters. The zero-order chi connectivity index (χ0) is 13.9. The molecule has 4 nitrogen and oxygen atoms in total. The third kappa shape index (κ3) is 3.23. The summed E-state index contributed by atoms with van der Waals surface area (Å²) in [7, 11) is 0. The van der Waals surface area contributed by atoms with Gasteiger partial charge in [-0.1, -0.05) is 42.5 Å². The van der Waals surface area contributed by atoms with Crippen LogP contribution in [0.25, 0.3) is 11.0 Å². The second-order valence-electron chi connectivity index (χ2n) is 4.66. The van der Waals surface area contributed by atoms with Crippen LogP contribution < -0.4 is 0 Å². The highest BCUT2D eigenvalue weighted by atomic mass is 35.5. The van der Waals surface area contributed by atoms with Gasteiger partial charge in [0, 0.05) is 6.42 Å². The lowest BCUT2D eigenvalue weighted by Gasteiger charge is -2.06. The first kappa shape index (κ1) is 15.1. The molecule has 0 aliphatic carbocycles. The molecule has 0 spiro atoms. The fraction of sp³-hybridized carbons (Fsp3) is 0.125. The first-order chi connectivity index (χ1) is 9.74. The van der Waals surface area contributed by atoms with E-state index in [4.69, 9.17) is 5.11 Å². The van der Waals surface area contributed by atoms with Crippen molar-refractivity contribution in [2.45, 2.75) is 13.0 Å². The van der Waals surface area contributed by atoms with Crippen LogP contribution in [0.4, 0.5) is 0 Å². The summed E-state index contributed by atoms with van der Waals surface area (Å²) in [6.45, 7) is -0.0668. The first-order valence-electron chi connectivity index (χ1n) is 6.44. The Labute approximate surface area is 128 Å². The van der Waals surface area contributed by atoms with Crippen molar-refractivity contribution in [3.05, 3.63) is 66.0 Å². The van der Waals surface area contributed by atoms with E-state index in [1.807, 2.05) is 54.6 Å². The van der Waals surface area contributed by atoms with Gasteiger partial charge in [-0.25, -0.2) is 4.98 Å². The van der Waals surface area contributed by atoms with Gasteiger partial charge >= 0.3 is 5.97 Å². The highest BCUT2D eigenvalue weighted by Crippen LogP contribution is 2.18. The molecular formula is C16H15ClN2O2. The number of carboxylic acid groups (broad SMARTS) is 1. The molecule has 0 amide bonds. The fourth-order valence-electron chi connectivity index (χ4n) is 2.35. The summed E-state index contributed by atoms with van der Waals surface area (Å²) in [5.74, 6) is -0.0812. The van der Waals surface area contributed by atoms with Crippen molar-refractivity contribution >= 4 is 29.4 Å². The van der Waals surface area contributed by atoms with Crippen LogP contribution >= 0.6 is 12.4 Å². The van der Waals surface area contributed by atoms with Crippen LogP contribution in [0.15, 0.2) is 54.6 Å². The molecule has 3 aromatic rings. The van der Waals surface area contributed by atoms with Crippen molar-refractivity contribution in [1.29, 1.82) is 0 Å². The zero-order valence-corrected chi connectivity index (χ0v) is 12.1. The molecule has 0 saturated heterocycles. The van der Waals surface area contributed by atoms with Gasteiger partial charge in [0.05, 0.1) is 11.0 Å². The van der Waals surface area contributed by atoms with E-state index in [0.29, 0.717) is 6.42 Å². The van der Waals surface area contributed by atoms with Gasteiger partial charge in [-0.3, -0.25) is 4.79 Å². The Balaban J connectivity index is 0.00000161. The molecule has 1 N–H and O–H groups in total. The van der Waals surface area contributed by atoms with Crippen molar-refractivity contribution in [2.24, 2.45) is 0 Å². The lowest BCUT2D eigenvalue weighted by Crippen LogP contribution is -2.12. The second kappa shape index (κ2) is 6.41. The SMILES string of the molecule is Cl.O=C(O)Cn1c(Cc2ccccc2)nc2ccccc21. The molecule has 5 heteroatoms. The molecule has 1 heterocycles. The molecule has 0 aliphatic heterocycles. The van der Waals surface area contributed by atoms with Gasteiger partial charge in [0.1, 0.15) is 12.4 Å². The highest BCUT2D eigenvalue weighted by molar-refractivity contribution is 5.85. The smallest absolute Gasteiger partial charge is 0.323 e. The zero-order valence-electron chi connectivity index (χ0n) is 11.3. The van der Waals surface area contributed by atoms with Crippen LogP contribution in [0, 0.1) is 0 Å². The second-order valence-corrected chi connectivity index (χ2v) is 4.66. The summed E-state index contributed by atoms with van der Waals surface area (Å²) in [6, 6.07) is 17.6. The minimum Gasteiger partial charge on any atom is -0.480 e. The Morgan fingerprint density at radius 1 is 1.05 bits per heavy atom. The Hall–Kier alpha value is -2.33. The van der Waals surface area contributed by atoms with E-state index in [1.54, 1.807) is 4.57 Å². The number of carbonyl (C=O) groups is 1.